The second-order valence-corrected chi connectivity index (χ2v) is 8.18. The average Bonchev–Trinajstić information content (AvgIpc) is 3.14. The Labute approximate surface area is 186 Å². The second kappa shape index (κ2) is 12.2. The van der Waals surface area contributed by atoms with E-state index < -0.39 is 0 Å². The highest BCUT2D eigenvalue weighted by Gasteiger charge is 2.23. The number of methoxy groups -OCH3 is 1. The third kappa shape index (κ3) is 7.75. The van der Waals surface area contributed by atoms with E-state index in [-0.39, 0.29) is 24.4 Å². The number of ether oxygens (including phenoxy) is 1. The summed E-state index contributed by atoms with van der Waals surface area (Å²) in [4.78, 5) is 29.5. The van der Waals surface area contributed by atoms with Crippen molar-refractivity contribution in [3.05, 3.63) is 53.9 Å². The van der Waals surface area contributed by atoms with Crippen LogP contribution >= 0.6 is 0 Å². The molecule has 0 atom stereocenters. The van der Waals surface area contributed by atoms with Crippen LogP contribution in [0.5, 0.6) is 0 Å². The minimum Gasteiger partial charge on any atom is -0.383 e. The number of hydrogen-bond acceptors (Lipinski definition) is 3. The molecule has 3 amide bonds. The van der Waals surface area contributed by atoms with Gasteiger partial charge >= 0.3 is 6.03 Å². The Bertz CT molecular complexity index is 847. The Morgan fingerprint density at radius 2 is 1.94 bits per heavy atom. The van der Waals surface area contributed by atoms with Gasteiger partial charge in [-0.25, -0.2) is 4.79 Å². The first kappa shape index (κ1) is 24.5. The molecule has 31 heavy (non-hydrogen) atoms. The largest absolute Gasteiger partial charge is 0.383 e. The van der Waals surface area contributed by atoms with Crippen LogP contribution in [0.4, 0.5) is 10.5 Å². The number of rotatable bonds is 11. The van der Waals surface area contributed by atoms with E-state index in [1.165, 1.54) is 0 Å². The van der Waals surface area contributed by atoms with Crippen molar-refractivity contribution in [1.29, 1.82) is 0 Å². The number of carbonyl (C=O) groups excluding carboxylic acids is 2. The smallest absolute Gasteiger partial charge is 0.322 e. The van der Waals surface area contributed by atoms with Gasteiger partial charge in [0.25, 0.3) is 0 Å². The van der Waals surface area contributed by atoms with Crippen LogP contribution in [0.2, 0.25) is 0 Å². The number of nitrogens with one attached hydrogen (secondary N) is 1. The molecular weight excluding hydrogens is 392 g/mol. The summed E-state index contributed by atoms with van der Waals surface area (Å²) in [6.07, 6.45) is 2.85. The van der Waals surface area contributed by atoms with Gasteiger partial charge in [0, 0.05) is 44.8 Å². The average molecular weight is 429 g/mol. The fourth-order valence-electron chi connectivity index (χ4n) is 3.34. The summed E-state index contributed by atoms with van der Waals surface area (Å²) in [5, 5.41) is 2.95. The van der Waals surface area contributed by atoms with Crippen molar-refractivity contribution >= 4 is 17.6 Å². The maximum Gasteiger partial charge on any atom is 0.322 e. The predicted molar refractivity (Wildman–Crippen MR) is 124 cm³/mol. The van der Waals surface area contributed by atoms with Gasteiger partial charge in [-0.3, -0.25) is 4.79 Å². The quantitative estimate of drug-likeness (QED) is 0.593. The summed E-state index contributed by atoms with van der Waals surface area (Å²) in [6.45, 7) is 8.04. The molecule has 7 heteroatoms. The zero-order chi connectivity index (χ0) is 22.8. The molecule has 0 aliphatic heterocycles. The number of aromatic nitrogens is 1. The first-order valence-electron chi connectivity index (χ1n) is 10.9. The predicted octanol–water partition coefficient (Wildman–Crippen LogP) is 3.75. The highest BCUT2D eigenvalue weighted by molar-refractivity contribution is 5.92. The Morgan fingerprint density at radius 3 is 2.55 bits per heavy atom. The van der Waals surface area contributed by atoms with Gasteiger partial charge in [0.1, 0.15) is 6.54 Å². The number of anilines is 1. The number of benzene rings is 1. The molecule has 0 radical (unpaired) electrons. The summed E-state index contributed by atoms with van der Waals surface area (Å²) in [5.41, 5.74) is 2.92. The number of nitrogens with zero attached hydrogens (tertiary/aromatic N) is 3. The van der Waals surface area contributed by atoms with Crippen molar-refractivity contribution in [2.75, 3.05) is 38.7 Å². The minimum absolute atomic E-state index is 0.0195. The first-order chi connectivity index (χ1) is 14.8. The maximum atomic E-state index is 13.2. The van der Waals surface area contributed by atoms with E-state index in [0.717, 1.165) is 23.4 Å². The lowest BCUT2D eigenvalue weighted by Gasteiger charge is -2.29. The fraction of sp³-hybridized carbons (Fsp3) is 0.500. The van der Waals surface area contributed by atoms with Gasteiger partial charge in [0.05, 0.1) is 13.2 Å². The molecule has 1 heterocycles. The van der Waals surface area contributed by atoms with Crippen LogP contribution in [0.1, 0.15) is 32.0 Å². The summed E-state index contributed by atoms with van der Waals surface area (Å²) < 4.78 is 7.19. The number of amides is 3. The van der Waals surface area contributed by atoms with Gasteiger partial charge < -0.3 is 24.4 Å². The number of urea groups is 1. The second-order valence-electron chi connectivity index (χ2n) is 8.18. The molecule has 2 aromatic rings. The molecule has 7 nitrogen and oxygen atoms in total. The zero-order valence-electron chi connectivity index (χ0n) is 19.4. The summed E-state index contributed by atoms with van der Waals surface area (Å²) in [7, 11) is 3.57. The monoisotopic (exact) mass is 428 g/mol. The molecule has 0 aliphatic rings. The molecule has 1 aromatic carbocycles. The lowest BCUT2D eigenvalue weighted by Crippen LogP contribution is -2.46. The van der Waals surface area contributed by atoms with Gasteiger partial charge in [-0.1, -0.05) is 32.9 Å². The summed E-state index contributed by atoms with van der Waals surface area (Å²) >= 11 is 0. The van der Waals surface area contributed by atoms with Crippen LogP contribution in [-0.2, 0) is 29.5 Å². The zero-order valence-corrected chi connectivity index (χ0v) is 19.4. The molecule has 0 bridgehead atoms. The summed E-state index contributed by atoms with van der Waals surface area (Å²) in [5.74, 6) is 0.136. The van der Waals surface area contributed by atoms with Crippen molar-refractivity contribution in [2.24, 2.45) is 13.0 Å². The van der Waals surface area contributed by atoms with Crippen LogP contribution in [0.25, 0.3) is 0 Å². The maximum absolute atomic E-state index is 13.2. The number of hydrogen-bond donors (Lipinski definition) is 1. The standard InChI is InChI=1S/C24H36N4O3/c1-6-20-9-7-10-21(15-20)25-24(30)28(16-19(2)3)18-23(29)27(13-14-31-5)17-22-11-8-12-26(22)4/h7-12,15,19H,6,13-14,16-18H2,1-5H3,(H,25,30). The molecule has 0 unspecified atom stereocenters. The molecule has 0 fully saturated rings. The van der Waals surface area contributed by atoms with E-state index in [0.29, 0.717) is 26.2 Å². The fourth-order valence-corrected chi connectivity index (χ4v) is 3.34. The third-order valence-corrected chi connectivity index (χ3v) is 5.11. The molecule has 1 aromatic heterocycles. The lowest BCUT2D eigenvalue weighted by atomic mass is 10.1. The molecule has 0 saturated carbocycles. The minimum atomic E-state index is -0.263. The van der Waals surface area contributed by atoms with E-state index in [1.54, 1.807) is 16.9 Å². The van der Waals surface area contributed by atoms with Crippen molar-refractivity contribution < 1.29 is 14.3 Å². The van der Waals surface area contributed by atoms with Crippen molar-refractivity contribution in [1.82, 2.24) is 14.4 Å². The summed E-state index contributed by atoms with van der Waals surface area (Å²) in [6, 6.07) is 11.5. The highest BCUT2D eigenvalue weighted by Crippen LogP contribution is 2.13. The van der Waals surface area contributed by atoms with E-state index in [1.807, 2.05) is 68.1 Å². The lowest BCUT2D eigenvalue weighted by molar-refractivity contribution is -0.133. The van der Waals surface area contributed by atoms with Gasteiger partial charge in [0.15, 0.2) is 0 Å². The Balaban J connectivity index is 2.12. The van der Waals surface area contributed by atoms with E-state index in [9.17, 15) is 9.59 Å². The molecular formula is C24H36N4O3. The van der Waals surface area contributed by atoms with Crippen LogP contribution in [0.3, 0.4) is 0 Å². The Morgan fingerprint density at radius 1 is 1.16 bits per heavy atom. The number of aryl methyl sites for hydroxylation is 2. The molecule has 0 aliphatic carbocycles. The van der Waals surface area contributed by atoms with E-state index >= 15 is 0 Å². The first-order valence-corrected chi connectivity index (χ1v) is 10.9. The number of carbonyl (C=O) groups is 2. The SMILES string of the molecule is CCc1cccc(NC(=O)N(CC(=O)N(CCOC)Cc2cccn2C)CC(C)C)c1. The van der Waals surface area contributed by atoms with Crippen molar-refractivity contribution in [2.45, 2.75) is 33.7 Å². The normalized spacial score (nSPS) is 10.9. The molecule has 1 N–H and O–H groups in total. The van der Waals surface area contributed by atoms with Crippen LogP contribution in [0.15, 0.2) is 42.6 Å². The molecule has 0 spiro atoms. The van der Waals surface area contributed by atoms with Crippen molar-refractivity contribution in [3.8, 4) is 0 Å². The third-order valence-electron chi connectivity index (χ3n) is 5.11. The van der Waals surface area contributed by atoms with Crippen LogP contribution in [0, 0.1) is 5.92 Å². The highest BCUT2D eigenvalue weighted by atomic mass is 16.5. The Hall–Kier alpha value is -2.80. The van der Waals surface area contributed by atoms with Crippen LogP contribution < -0.4 is 5.32 Å². The Kier molecular flexibility index (Phi) is 9.59. The van der Waals surface area contributed by atoms with Gasteiger partial charge in [-0.2, -0.15) is 0 Å². The molecule has 0 saturated heterocycles. The van der Waals surface area contributed by atoms with E-state index in [2.05, 4.69) is 12.2 Å². The van der Waals surface area contributed by atoms with Crippen molar-refractivity contribution in [3.63, 3.8) is 0 Å². The van der Waals surface area contributed by atoms with Crippen LogP contribution in [-0.4, -0.2) is 59.7 Å². The topological polar surface area (TPSA) is 66.8 Å². The molecule has 170 valence electrons. The van der Waals surface area contributed by atoms with Gasteiger partial charge in [0.2, 0.25) is 5.91 Å². The van der Waals surface area contributed by atoms with Gasteiger partial charge in [-0.15, -0.1) is 0 Å². The van der Waals surface area contributed by atoms with Gasteiger partial charge in [-0.05, 0) is 42.2 Å². The van der Waals surface area contributed by atoms with E-state index in [4.69, 9.17) is 4.74 Å². The molecule has 2 rings (SSSR count).